The Kier molecular flexibility index (Phi) is 4.98. The average molecular weight is 257 g/mol. The van der Waals surface area contributed by atoms with Crippen LogP contribution in [-0.4, -0.2) is 79.5 Å². The maximum Gasteiger partial charge on any atom is 0.0629 e. The van der Waals surface area contributed by atoms with Gasteiger partial charge in [-0.25, -0.2) is 0 Å². The van der Waals surface area contributed by atoms with E-state index in [1.54, 1.807) is 7.11 Å². The van der Waals surface area contributed by atoms with E-state index in [0.717, 1.165) is 19.1 Å². The van der Waals surface area contributed by atoms with Gasteiger partial charge in [0, 0.05) is 38.3 Å². The van der Waals surface area contributed by atoms with Gasteiger partial charge in [-0.1, -0.05) is 0 Å². The molecule has 2 saturated heterocycles. The maximum absolute atomic E-state index is 9.61. The van der Waals surface area contributed by atoms with E-state index in [4.69, 9.17) is 10.5 Å². The smallest absolute Gasteiger partial charge is 0.0629 e. The Labute approximate surface area is 110 Å². The number of nitrogens with zero attached hydrogens (tertiary/aromatic N) is 2. The number of ether oxygens (including phenoxy) is 1. The van der Waals surface area contributed by atoms with Crippen molar-refractivity contribution >= 4 is 0 Å². The zero-order valence-corrected chi connectivity index (χ0v) is 11.6. The lowest BCUT2D eigenvalue weighted by molar-refractivity contribution is 0.0649. The number of rotatable bonds is 5. The van der Waals surface area contributed by atoms with Crippen LogP contribution in [0.5, 0.6) is 0 Å². The molecule has 2 rings (SSSR count). The molecule has 0 saturated carbocycles. The fourth-order valence-corrected chi connectivity index (χ4v) is 3.46. The second-order valence-corrected chi connectivity index (χ2v) is 5.70. The molecule has 4 atom stereocenters. The van der Waals surface area contributed by atoms with Crippen LogP contribution in [0.1, 0.15) is 19.3 Å². The van der Waals surface area contributed by atoms with Crippen LogP contribution in [0.2, 0.25) is 0 Å². The summed E-state index contributed by atoms with van der Waals surface area (Å²) in [4.78, 5) is 4.88. The number of hydrogen-bond acceptors (Lipinski definition) is 5. The molecule has 2 aliphatic heterocycles. The highest BCUT2D eigenvalue weighted by molar-refractivity contribution is 4.94. The van der Waals surface area contributed by atoms with E-state index in [9.17, 15) is 5.11 Å². The highest BCUT2D eigenvalue weighted by Crippen LogP contribution is 2.29. The Balaban J connectivity index is 1.99. The molecule has 5 nitrogen and oxygen atoms in total. The summed E-state index contributed by atoms with van der Waals surface area (Å²) in [6, 6.07) is 1.26. The highest BCUT2D eigenvalue weighted by atomic mass is 16.5. The molecular weight excluding hydrogens is 230 g/mol. The first-order chi connectivity index (χ1) is 8.67. The number of hydrogen-bond donors (Lipinski definition) is 2. The molecule has 2 aliphatic rings. The summed E-state index contributed by atoms with van der Waals surface area (Å²) in [5, 5.41) is 9.61. The average Bonchev–Trinajstić information content (AvgIpc) is 2.57. The van der Waals surface area contributed by atoms with Crippen LogP contribution in [-0.2, 0) is 4.74 Å². The lowest BCUT2D eigenvalue weighted by Crippen LogP contribution is -2.54. The minimum atomic E-state index is -0.109. The first-order valence-electron chi connectivity index (χ1n) is 6.98. The quantitative estimate of drug-likeness (QED) is 0.694. The van der Waals surface area contributed by atoms with Gasteiger partial charge >= 0.3 is 0 Å². The lowest BCUT2D eigenvalue weighted by atomic mass is 10.0. The van der Waals surface area contributed by atoms with Crippen LogP contribution in [0.4, 0.5) is 0 Å². The minimum absolute atomic E-state index is 0.0256. The van der Waals surface area contributed by atoms with Crippen LogP contribution in [0.3, 0.4) is 0 Å². The van der Waals surface area contributed by atoms with E-state index >= 15 is 0 Å². The van der Waals surface area contributed by atoms with Crippen LogP contribution in [0.15, 0.2) is 0 Å². The predicted molar refractivity (Wildman–Crippen MR) is 71.5 cm³/mol. The minimum Gasteiger partial charge on any atom is -0.395 e. The number of fused-ring (bicyclic) bond motifs is 2. The second-order valence-electron chi connectivity index (χ2n) is 5.70. The van der Waals surface area contributed by atoms with E-state index in [1.807, 2.05) is 0 Å². The second kappa shape index (κ2) is 6.30. The number of likely N-dealkylation sites (N-methyl/N-ethyl adjacent to an activating group) is 1. The topological polar surface area (TPSA) is 62.0 Å². The molecule has 0 aromatic carbocycles. The molecule has 106 valence electrons. The molecule has 0 aromatic rings. The van der Waals surface area contributed by atoms with Gasteiger partial charge in [0.05, 0.1) is 19.3 Å². The molecule has 2 bridgehead atoms. The van der Waals surface area contributed by atoms with E-state index in [-0.39, 0.29) is 18.7 Å². The monoisotopic (exact) mass is 257 g/mol. The van der Waals surface area contributed by atoms with Gasteiger partial charge in [0.25, 0.3) is 0 Å². The van der Waals surface area contributed by atoms with E-state index < -0.39 is 0 Å². The number of likely N-dealkylation sites (tertiary alicyclic amines) is 1. The largest absolute Gasteiger partial charge is 0.395 e. The standard InChI is InChI=1S/C13H27N3O2/c1-15-10-3-4-11(15)7-16(6-5-10)13(8-17)12(14)9-18-2/h10-13,17H,3-9,14H2,1-2H3. The Hall–Kier alpha value is -0.200. The van der Waals surface area contributed by atoms with Gasteiger partial charge < -0.3 is 15.6 Å². The van der Waals surface area contributed by atoms with Crippen molar-refractivity contribution in [2.45, 2.75) is 43.4 Å². The zero-order chi connectivity index (χ0) is 13.1. The molecule has 4 unspecified atom stereocenters. The Morgan fingerprint density at radius 1 is 1.33 bits per heavy atom. The van der Waals surface area contributed by atoms with Crippen molar-refractivity contribution in [1.29, 1.82) is 0 Å². The van der Waals surface area contributed by atoms with Gasteiger partial charge in [-0.2, -0.15) is 0 Å². The first-order valence-corrected chi connectivity index (χ1v) is 6.98. The van der Waals surface area contributed by atoms with Gasteiger partial charge in [-0.15, -0.1) is 0 Å². The molecule has 2 heterocycles. The van der Waals surface area contributed by atoms with E-state index in [2.05, 4.69) is 16.8 Å². The van der Waals surface area contributed by atoms with Crippen LogP contribution < -0.4 is 5.73 Å². The third kappa shape index (κ3) is 2.86. The first kappa shape index (κ1) is 14.2. The van der Waals surface area contributed by atoms with Crippen molar-refractivity contribution in [3.05, 3.63) is 0 Å². The summed E-state index contributed by atoms with van der Waals surface area (Å²) < 4.78 is 5.12. The third-order valence-corrected chi connectivity index (χ3v) is 4.69. The zero-order valence-electron chi connectivity index (χ0n) is 11.6. The van der Waals surface area contributed by atoms with E-state index in [0.29, 0.717) is 12.6 Å². The van der Waals surface area contributed by atoms with Crippen molar-refractivity contribution in [3.8, 4) is 0 Å². The molecule has 0 aromatic heterocycles. The van der Waals surface area contributed by atoms with Crippen molar-refractivity contribution in [2.24, 2.45) is 5.73 Å². The normalized spacial score (nSPS) is 33.3. The highest BCUT2D eigenvalue weighted by Gasteiger charge is 2.37. The molecule has 2 fully saturated rings. The summed E-state index contributed by atoms with van der Waals surface area (Å²) in [5.74, 6) is 0. The van der Waals surface area contributed by atoms with Gasteiger partial charge in [0.15, 0.2) is 0 Å². The van der Waals surface area contributed by atoms with Crippen LogP contribution >= 0.6 is 0 Å². The van der Waals surface area contributed by atoms with Crippen LogP contribution in [0, 0.1) is 0 Å². The molecular formula is C13H27N3O2. The van der Waals surface area contributed by atoms with Crippen molar-refractivity contribution in [3.63, 3.8) is 0 Å². The molecule has 0 amide bonds. The van der Waals surface area contributed by atoms with Gasteiger partial charge in [-0.3, -0.25) is 9.80 Å². The molecule has 18 heavy (non-hydrogen) atoms. The summed E-state index contributed by atoms with van der Waals surface area (Å²) >= 11 is 0. The molecule has 5 heteroatoms. The summed E-state index contributed by atoms with van der Waals surface area (Å²) in [5.41, 5.74) is 6.11. The summed E-state index contributed by atoms with van der Waals surface area (Å²) in [6.45, 7) is 2.68. The third-order valence-electron chi connectivity index (χ3n) is 4.69. The van der Waals surface area contributed by atoms with Crippen LogP contribution in [0.25, 0.3) is 0 Å². The number of aliphatic hydroxyl groups excluding tert-OH is 1. The molecule has 3 N–H and O–H groups in total. The van der Waals surface area contributed by atoms with Gasteiger partial charge in [-0.05, 0) is 26.3 Å². The fraction of sp³-hybridized carbons (Fsp3) is 1.00. The van der Waals surface area contributed by atoms with Crippen molar-refractivity contribution < 1.29 is 9.84 Å². The van der Waals surface area contributed by atoms with Gasteiger partial charge in [0.2, 0.25) is 0 Å². The van der Waals surface area contributed by atoms with Crippen molar-refractivity contribution in [2.75, 3.05) is 40.5 Å². The Morgan fingerprint density at radius 3 is 2.72 bits per heavy atom. The predicted octanol–water partition coefficient (Wildman–Crippen LogP) is -0.510. The Morgan fingerprint density at radius 2 is 2.06 bits per heavy atom. The SMILES string of the molecule is COCC(N)C(CO)N1CCC2CCC(C1)N2C. The van der Waals surface area contributed by atoms with Gasteiger partial charge in [0.1, 0.15) is 0 Å². The number of nitrogens with two attached hydrogens (primary N) is 1. The molecule has 0 spiro atoms. The molecule has 0 aliphatic carbocycles. The number of methoxy groups -OCH3 is 1. The summed E-state index contributed by atoms with van der Waals surface area (Å²) in [6.07, 6.45) is 3.78. The lowest BCUT2D eigenvalue weighted by Gasteiger charge is -2.35. The summed E-state index contributed by atoms with van der Waals surface area (Å²) in [7, 11) is 3.89. The fourth-order valence-electron chi connectivity index (χ4n) is 3.46. The maximum atomic E-state index is 9.61. The number of aliphatic hydroxyl groups is 1. The molecule has 0 radical (unpaired) electrons. The van der Waals surface area contributed by atoms with E-state index in [1.165, 1.54) is 19.3 Å². The Bertz CT molecular complexity index is 265. The van der Waals surface area contributed by atoms with Crippen molar-refractivity contribution in [1.82, 2.24) is 9.80 Å².